The van der Waals surface area contributed by atoms with Crippen LogP contribution < -0.4 is 10.1 Å². The number of benzene rings is 1. The molecule has 0 spiro atoms. The van der Waals surface area contributed by atoms with Crippen molar-refractivity contribution in [1.82, 2.24) is 5.32 Å². The van der Waals surface area contributed by atoms with Gasteiger partial charge in [0, 0.05) is 0 Å². The second-order valence-corrected chi connectivity index (χ2v) is 5.26. The van der Waals surface area contributed by atoms with Gasteiger partial charge < -0.3 is 19.5 Å². The molecule has 0 saturated heterocycles. The van der Waals surface area contributed by atoms with E-state index in [9.17, 15) is 14.4 Å². The SMILES string of the molecule is CC[C@H](C)[C@@H](NC(=O)COC(=O)c1ccc(OC)cc1)C(=O)OC. The number of hydrogen-bond donors (Lipinski definition) is 1. The van der Waals surface area contributed by atoms with Crippen molar-refractivity contribution in [1.29, 1.82) is 0 Å². The Morgan fingerprint density at radius 2 is 1.75 bits per heavy atom. The number of amides is 1. The van der Waals surface area contributed by atoms with Gasteiger partial charge in [0.05, 0.1) is 19.8 Å². The lowest BCUT2D eigenvalue weighted by Gasteiger charge is -2.21. The number of methoxy groups -OCH3 is 2. The number of rotatable bonds is 8. The van der Waals surface area contributed by atoms with Crippen molar-refractivity contribution in [2.75, 3.05) is 20.8 Å². The van der Waals surface area contributed by atoms with Crippen LogP contribution in [0.15, 0.2) is 24.3 Å². The Balaban J connectivity index is 2.57. The van der Waals surface area contributed by atoms with Crippen molar-refractivity contribution >= 4 is 17.8 Å². The van der Waals surface area contributed by atoms with Gasteiger partial charge in [0.2, 0.25) is 0 Å². The Bertz CT molecular complexity index is 569. The Morgan fingerprint density at radius 3 is 2.25 bits per heavy atom. The smallest absolute Gasteiger partial charge is 0.338 e. The van der Waals surface area contributed by atoms with E-state index in [4.69, 9.17) is 9.47 Å². The molecule has 7 nitrogen and oxygen atoms in total. The molecule has 0 aromatic heterocycles. The molecule has 24 heavy (non-hydrogen) atoms. The van der Waals surface area contributed by atoms with E-state index in [0.29, 0.717) is 17.7 Å². The van der Waals surface area contributed by atoms with Gasteiger partial charge in [-0.1, -0.05) is 20.3 Å². The van der Waals surface area contributed by atoms with E-state index in [1.807, 2.05) is 13.8 Å². The first-order valence-electron chi connectivity index (χ1n) is 7.61. The van der Waals surface area contributed by atoms with E-state index in [1.165, 1.54) is 26.4 Å². The van der Waals surface area contributed by atoms with Crippen LogP contribution in [0.4, 0.5) is 0 Å². The van der Waals surface area contributed by atoms with E-state index < -0.39 is 30.5 Å². The van der Waals surface area contributed by atoms with E-state index in [2.05, 4.69) is 10.1 Å². The molecular formula is C17H23NO6. The normalized spacial score (nSPS) is 12.7. The predicted molar refractivity (Wildman–Crippen MR) is 86.7 cm³/mol. The molecule has 0 saturated carbocycles. The van der Waals surface area contributed by atoms with Crippen molar-refractivity contribution in [3.63, 3.8) is 0 Å². The Kier molecular flexibility index (Phi) is 7.74. The van der Waals surface area contributed by atoms with Gasteiger partial charge in [0.25, 0.3) is 5.91 Å². The third-order valence-corrected chi connectivity index (χ3v) is 3.64. The average molecular weight is 337 g/mol. The molecule has 0 radical (unpaired) electrons. The highest BCUT2D eigenvalue weighted by Gasteiger charge is 2.27. The highest BCUT2D eigenvalue weighted by atomic mass is 16.5. The first-order chi connectivity index (χ1) is 11.4. The van der Waals surface area contributed by atoms with Gasteiger partial charge in [-0.3, -0.25) is 4.79 Å². The standard InChI is InChI=1S/C17H23NO6/c1-5-11(2)15(17(21)23-4)18-14(19)10-24-16(20)12-6-8-13(22-3)9-7-12/h6-9,11,15H,5,10H2,1-4H3,(H,18,19)/t11-,15+/m0/s1. The molecule has 1 amide bonds. The average Bonchev–Trinajstić information content (AvgIpc) is 2.62. The van der Waals surface area contributed by atoms with E-state index in [0.717, 1.165) is 0 Å². The number of esters is 2. The first-order valence-corrected chi connectivity index (χ1v) is 7.61. The topological polar surface area (TPSA) is 90.9 Å². The number of carbonyl (C=O) groups excluding carboxylic acids is 3. The van der Waals surface area contributed by atoms with Crippen LogP contribution in [-0.2, 0) is 19.1 Å². The summed E-state index contributed by atoms with van der Waals surface area (Å²) in [5, 5.41) is 2.53. The van der Waals surface area contributed by atoms with E-state index in [1.54, 1.807) is 12.1 Å². The predicted octanol–water partition coefficient (Wildman–Crippen LogP) is 1.56. The molecule has 0 aliphatic heterocycles. The fourth-order valence-corrected chi connectivity index (χ4v) is 1.95. The van der Waals surface area contributed by atoms with Gasteiger partial charge in [0.15, 0.2) is 6.61 Å². The molecule has 132 valence electrons. The largest absolute Gasteiger partial charge is 0.497 e. The monoisotopic (exact) mass is 337 g/mol. The van der Waals surface area contributed by atoms with Gasteiger partial charge in [-0.15, -0.1) is 0 Å². The zero-order chi connectivity index (χ0) is 18.1. The Morgan fingerprint density at radius 1 is 1.12 bits per heavy atom. The Labute approximate surface area is 141 Å². The summed E-state index contributed by atoms with van der Waals surface area (Å²) in [5.74, 6) is -1.21. The fraction of sp³-hybridized carbons (Fsp3) is 0.471. The minimum atomic E-state index is -0.771. The molecule has 1 aromatic carbocycles. The summed E-state index contributed by atoms with van der Waals surface area (Å²) < 4.78 is 14.6. The maximum absolute atomic E-state index is 11.9. The number of carbonyl (C=O) groups is 3. The van der Waals surface area contributed by atoms with Crippen molar-refractivity contribution in [2.45, 2.75) is 26.3 Å². The van der Waals surface area contributed by atoms with Crippen molar-refractivity contribution in [2.24, 2.45) is 5.92 Å². The maximum Gasteiger partial charge on any atom is 0.338 e. The summed E-state index contributed by atoms with van der Waals surface area (Å²) in [4.78, 5) is 35.5. The van der Waals surface area contributed by atoms with Crippen molar-refractivity contribution in [3.05, 3.63) is 29.8 Å². The second kappa shape index (κ2) is 9.54. The van der Waals surface area contributed by atoms with Gasteiger partial charge in [0.1, 0.15) is 11.8 Å². The summed E-state index contributed by atoms with van der Waals surface area (Å²) in [6.45, 7) is 3.25. The third kappa shape index (κ3) is 5.57. The molecule has 0 bridgehead atoms. The molecular weight excluding hydrogens is 314 g/mol. The molecule has 1 aromatic rings. The quantitative estimate of drug-likeness (QED) is 0.724. The molecule has 0 fully saturated rings. The lowest BCUT2D eigenvalue weighted by molar-refractivity contribution is -0.147. The van der Waals surface area contributed by atoms with Gasteiger partial charge in [-0.05, 0) is 30.2 Å². The zero-order valence-corrected chi connectivity index (χ0v) is 14.3. The lowest BCUT2D eigenvalue weighted by Crippen LogP contribution is -2.47. The lowest BCUT2D eigenvalue weighted by atomic mass is 9.99. The molecule has 0 aliphatic carbocycles. The minimum absolute atomic E-state index is 0.0984. The Hall–Kier alpha value is -2.57. The minimum Gasteiger partial charge on any atom is -0.497 e. The molecule has 7 heteroatoms. The second-order valence-electron chi connectivity index (χ2n) is 5.26. The third-order valence-electron chi connectivity index (χ3n) is 3.64. The number of ether oxygens (including phenoxy) is 3. The zero-order valence-electron chi connectivity index (χ0n) is 14.3. The van der Waals surface area contributed by atoms with Crippen LogP contribution in [0.1, 0.15) is 30.6 Å². The fourth-order valence-electron chi connectivity index (χ4n) is 1.95. The summed E-state index contributed by atoms with van der Waals surface area (Å²) in [6, 6.07) is 5.54. The first kappa shape index (κ1) is 19.5. The van der Waals surface area contributed by atoms with Crippen LogP contribution in [0, 0.1) is 5.92 Å². The maximum atomic E-state index is 11.9. The van der Waals surface area contributed by atoms with Crippen LogP contribution in [0.3, 0.4) is 0 Å². The summed E-state index contributed by atoms with van der Waals surface area (Å²) in [5.41, 5.74) is 0.301. The molecule has 1 N–H and O–H groups in total. The molecule has 0 unspecified atom stereocenters. The van der Waals surface area contributed by atoms with Crippen molar-refractivity contribution in [3.8, 4) is 5.75 Å². The van der Waals surface area contributed by atoms with Crippen molar-refractivity contribution < 1.29 is 28.6 Å². The van der Waals surface area contributed by atoms with Crippen LogP contribution >= 0.6 is 0 Å². The van der Waals surface area contributed by atoms with Crippen LogP contribution in [0.5, 0.6) is 5.75 Å². The van der Waals surface area contributed by atoms with E-state index >= 15 is 0 Å². The molecule has 0 heterocycles. The van der Waals surface area contributed by atoms with Gasteiger partial charge in [-0.25, -0.2) is 9.59 Å². The van der Waals surface area contributed by atoms with Crippen LogP contribution in [0.2, 0.25) is 0 Å². The summed E-state index contributed by atoms with van der Waals surface area (Å²) in [6.07, 6.45) is 0.686. The summed E-state index contributed by atoms with van der Waals surface area (Å²) in [7, 11) is 2.78. The molecule has 2 atom stereocenters. The number of nitrogens with one attached hydrogen (secondary N) is 1. The highest BCUT2D eigenvalue weighted by Crippen LogP contribution is 2.12. The molecule has 0 aliphatic rings. The highest BCUT2D eigenvalue weighted by molar-refractivity contribution is 5.92. The van der Waals surface area contributed by atoms with Crippen LogP contribution in [0.25, 0.3) is 0 Å². The van der Waals surface area contributed by atoms with Gasteiger partial charge >= 0.3 is 11.9 Å². The van der Waals surface area contributed by atoms with Crippen LogP contribution in [-0.4, -0.2) is 44.7 Å². The summed E-state index contributed by atoms with van der Waals surface area (Å²) >= 11 is 0. The number of hydrogen-bond acceptors (Lipinski definition) is 6. The molecule has 1 rings (SSSR count). The van der Waals surface area contributed by atoms with Gasteiger partial charge in [-0.2, -0.15) is 0 Å². The van der Waals surface area contributed by atoms with E-state index in [-0.39, 0.29) is 5.92 Å².